The second-order valence-electron chi connectivity index (χ2n) is 5.02. The summed E-state index contributed by atoms with van der Waals surface area (Å²) >= 11 is 3.35. The van der Waals surface area contributed by atoms with E-state index >= 15 is 0 Å². The molecular formula is C14H22BrCl2N3O. The van der Waals surface area contributed by atoms with Crippen LogP contribution in [0, 0.1) is 5.92 Å². The molecule has 1 N–H and O–H groups in total. The zero-order chi connectivity index (χ0) is 13.7. The first-order valence-corrected chi connectivity index (χ1v) is 7.54. The van der Waals surface area contributed by atoms with Gasteiger partial charge < -0.3 is 10.2 Å². The molecule has 0 atom stereocenters. The van der Waals surface area contributed by atoms with Crippen LogP contribution in [-0.2, 0) is 0 Å². The molecule has 1 aromatic rings. The smallest absolute Gasteiger partial charge is 0.255 e. The molecular weight excluding hydrogens is 377 g/mol. The first kappa shape index (κ1) is 20.6. The molecule has 0 aliphatic carbocycles. The van der Waals surface area contributed by atoms with E-state index in [4.69, 9.17) is 0 Å². The molecule has 0 radical (unpaired) electrons. The van der Waals surface area contributed by atoms with Gasteiger partial charge in [-0.15, -0.1) is 24.8 Å². The third kappa shape index (κ3) is 6.10. The Balaban J connectivity index is 0.00000200. The zero-order valence-corrected chi connectivity index (χ0v) is 15.3. The normalized spacial score (nSPS) is 15.0. The van der Waals surface area contributed by atoms with Gasteiger partial charge in [0.15, 0.2) is 0 Å². The molecule has 1 fully saturated rings. The van der Waals surface area contributed by atoms with Crippen molar-refractivity contribution in [1.82, 2.24) is 15.2 Å². The van der Waals surface area contributed by atoms with Gasteiger partial charge in [-0.2, -0.15) is 0 Å². The van der Waals surface area contributed by atoms with E-state index in [1.807, 2.05) is 18.0 Å². The van der Waals surface area contributed by atoms with Crippen molar-refractivity contribution in [2.75, 3.05) is 26.7 Å². The fourth-order valence-electron chi connectivity index (χ4n) is 2.48. The lowest BCUT2D eigenvalue weighted by Crippen LogP contribution is -2.39. The van der Waals surface area contributed by atoms with Crippen molar-refractivity contribution in [2.45, 2.75) is 19.3 Å². The minimum atomic E-state index is 0. The predicted octanol–water partition coefficient (Wildman–Crippen LogP) is 3.15. The van der Waals surface area contributed by atoms with Crippen LogP contribution in [0.5, 0.6) is 0 Å². The lowest BCUT2D eigenvalue weighted by molar-refractivity contribution is 0.0686. The van der Waals surface area contributed by atoms with Gasteiger partial charge in [0.25, 0.3) is 5.91 Å². The highest BCUT2D eigenvalue weighted by atomic mass is 79.9. The molecule has 1 aromatic heterocycles. The Kier molecular flexibility index (Phi) is 10.2. The number of carbonyl (C=O) groups excluding carboxylic acids is 1. The highest BCUT2D eigenvalue weighted by molar-refractivity contribution is 9.10. The summed E-state index contributed by atoms with van der Waals surface area (Å²) in [5.41, 5.74) is 0.669. The monoisotopic (exact) mass is 397 g/mol. The van der Waals surface area contributed by atoms with Crippen molar-refractivity contribution in [2.24, 2.45) is 5.92 Å². The van der Waals surface area contributed by atoms with Crippen LogP contribution in [0.15, 0.2) is 22.9 Å². The number of rotatable bonds is 4. The molecule has 0 bridgehead atoms. The van der Waals surface area contributed by atoms with Crippen molar-refractivity contribution in [3.8, 4) is 0 Å². The summed E-state index contributed by atoms with van der Waals surface area (Å²) in [5.74, 6) is 0.845. The number of hydrogen-bond donors (Lipinski definition) is 1. The molecule has 1 aliphatic heterocycles. The summed E-state index contributed by atoms with van der Waals surface area (Å²) in [4.78, 5) is 18.3. The number of aromatic nitrogens is 1. The highest BCUT2D eigenvalue weighted by Gasteiger charge is 2.23. The Morgan fingerprint density at radius 2 is 2.05 bits per heavy atom. The molecule has 1 aliphatic rings. The second-order valence-corrected chi connectivity index (χ2v) is 5.94. The van der Waals surface area contributed by atoms with Crippen molar-refractivity contribution in [1.29, 1.82) is 0 Å². The van der Waals surface area contributed by atoms with Gasteiger partial charge in [0, 0.05) is 30.0 Å². The number of halogens is 3. The summed E-state index contributed by atoms with van der Waals surface area (Å²) in [6.07, 6.45) is 6.75. The number of likely N-dealkylation sites (tertiary alicyclic amines) is 1. The Morgan fingerprint density at radius 3 is 2.62 bits per heavy atom. The quantitative estimate of drug-likeness (QED) is 0.847. The number of pyridine rings is 1. The first-order valence-electron chi connectivity index (χ1n) is 6.75. The maximum absolute atomic E-state index is 12.3. The minimum absolute atomic E-state index is 0. The zero-order valence-electron chi connectivity index (χ0n) is 12.0. The number of nitrogens with one attached hydrogen (secondary N) is 1. The van der Waals surface area contributed by atoms with Crippen molar-refractivity contribution < 1.29 is 4.79 Å². The van der Waals surface area contributed by atoms with E-state index in [-0.39, 0.29) is 30.7 Å². The largest absolute Gasteiger partial charge is 0.339 e. The minimum Gasteiger partial charge on any atom is -0.339 e. The fourth-order valence-corrected chi connectivity index (χ4v) is 2.85. The molecule has 21 heavy (non-hydrogen) atoms. The molecule has 0 saturated carbocycles. The van der Waals surface area contributed by atoms with E-state index in [0.717, 1.165) is 42.9 Å². The standard InChI is InChI=1S/C14H20BrN3O.2ClH/c1-16-5-2-11-3-6-18(7-4-11)14(19)12-8-13(15)10-17-9-12;;/h8-11,16H,2-7H2,1H3;2*1H. The number of amides is 1. The van der Waals surface area contributed by atoms with E-state index in [1.54, 1.807) is 12.4 Å². The number of nitrogens with zero attached hydrogens (tertiary/aromatic N) is 2. The van der Waals surface area contributed by atoms with Crippen molar-refractivity contribution in [3.63, 3.8) is 0 Å². The van der Waals surface area contributed by atoms with E-state index < -0.39 is 0 Å². The van der Waals surface area contributed by atoms with Crippen LogP contribution < -0.4 is 5.32 Å². The molecule has 2 heterocycles. The Labute approximate surface area is 147 Å². The van der Waals surface area contributed by atoms with Crippen LogP contribution >= 0.6 is 40.7 Å². The molecule has 7 heteroatoms. The Morgan fingerprint density at radius 1 is 1.38 bits per heavy atom. The van der Waals surface area contributed by atoms with E-state index in [9.17, 15) is 4.79 Å². The van der Waals surface area contributed by atoms with Crippen LogP contribution in [0.4, 0.5) is 0 Å². The number of hydrogen-bond acceptors (Lipinski definition) is 3. The van der Waals surface area contributed by atoms with Gasteiger partial charge in [0.05, 0.1) is 5.56 Å². The van der Waals surface area contributed by atoms with Crippen molar-refractivity contribution >= 4 is 46.7 Å². The molecule has 1 amide bonds. The SMILES string of the molecule is CNCCC1CCN(C(=O)c2cncc(Br)c2)CC1.Cl.Cl. The van der Waals surface area contributed by atoms with Gasteiger partial charge in [0.2, 0.25) is 0 Å². The molecule has 0 aromatic carbocycles. The van der Waals surface area contributed by atoms with Gasteiger partial charge >= 0.3 is 0 Å². The van der Waals surface area contributed by atoms with Crippen LogP contribution in [-0.4, -0.2) is 42.5 Å². The number of piperidine rings is 1. The van der Waals surface area contributed by atoms with E-state index in [0.29, 0.717) is 5.56 Å². The molecule has 4 nitrogen and oxygen atoms in total. The van der Waals surface area contributed by atoms with Crippen LogP contribution in [0.25, 0.3) is 0 Å². The van der Waals surface area contributed by atoms with Gasteiger partial charge in [-0.3, -0.25) is 9.78 Å². The fraction of sp³-hybridized carbons (Fsp3) is 0.571. The topological polar surface area (TPSA) is 45.2 Å². The molecule has 0 unspecified atom stereocenters. The van der Waals surface area contributed by atoms with Gasteiger partial charge in [-0.25, -0.2) is 0 Å². The molecule has 1 saturated heterocycles. The predicted molar refractivity (Wildman–Crippen MR) is 93.6 cm³/mol. The van der Waals surface area contributed by atoms with Gasteiger partial charge in [-0.1, -0.05) is 0 Å². The van der Waals surface area contributed by atoms with E-state index in [2.05, 4.69) is 26.2 Å². The third-order valence-corrected chi connectivity index (χ3v) is 4.09. The van der Waals surface area contributed by atoms with Crippen molar-refractivity contribution in [3.05, 3.63) is 28.5 Å². The van der Waals surface area contributed by atoms with Gasteiger partial charge in [-0.05, 0) is 60.8 Å². The molecule has 120 valence electrons. The second kappa shape index (κ2) is 10.4. The summed E-state index contributed by atoms with van der Waals surface area (Å²) in [6.45, 7) is 2.79. The summed E-state index contributed by atoms with van der Waals surface area (Å²) in [5, 5.41) is 3.19. The first-order chi connectivity index (χ1) is 9.20. The average Bonchev–Trinajstić information content (AvgIpc) is 2.45. The number of carbonyl (C=O) groups is 1. The lowest BCUT2D eigenvalue weighted by Gasteiger charge is -2.32. The van der Waals surface area contributed by atoms with Crippen LogP contribution in [0.1, 0.15) is 29.6 Å². The van der Waals surface area contributed by atoms with Crippen LogP contribution in [0.2, 0.25) is 0 Å². The molecule has 0 spiro atoms. The third-order valence-electron chi connectivity index (χ3n) is 3.66. The average molecular weight is 399 g/mol. The van der Waals surface area contributed by atoms with Crippen LogP contribution in [0.3, 0.4) is 0 Å². The summed E-state index contributed by atoms with van der Waals surface area (Å²) < 4.78 is 0.849. The lowest BCUT2D eigenvalue weighted by atomic mass is 9.93. The van der Waals surface area contributed by atoms with E-state index in [1.165, 1.54) is 6.42 Å². The van der Waals surface area contributed by atoms with Gasteiger partial charge in [0.1, 0.15) is 0 Å². The maximum Gasteiger partial charge on any atom is 0.255 e. The molecule has 2 rings (SSSR count). The highest BCUT2D eigenvalue weighted by Crippen LogP contribution is 2.22. The Hall–Kier alpha value is -0.360. The maximum atomic E-state index is 12.3. The summed E-state index contributed by atoms with van der Waals surface area (Å²) in [6, 6.07) is 1.84. The summed E-state index contributed by atoms with van der Waals surface area (Å²) in [7, 11) is 1.99. The Bertz CT molecular complexity index is 440.